The molecule has 1 aromatic carbocycles. The Kier molecular flexibility index (Phi) is 13.3. The SMILES string of the molecule is CO[C@H]1C[C@H]2CC[C@@]2(OC(C)=O)[C@H]2[C@H](OC(=O)c3ccccc3)[C@]34OC(=O)O[C@H]3[C@H](OC(=O)[C@H](O)[C@H](CC(C)C)NC(=O)OC(C)(C)C)C(C)=C([C@@H](OC(=O)N(C)C)C(=O)[C@]12C)C4(C)C. The van der Waals surface area contributed by atoms with Gasteiger partial charge >= 0.3 is 36.2 Å². The van der Waals surface area contributed by atoms with Gasteiger partial charge in [-0.05, 0) is 89.5 Å². The van der Waals surface area contributed by atoms with Gasteiger partial charge in [-0.25, -0.2) is 24.0 Å². The van der Waals surface area contributed by atoms with Crippen LogP contribution in [0.1, 0.15) is 105 Å². The van der Waals surface area contributed by atoms with Crippen LogP contribution in [0.25, 0.3) is 0 Å². The number of carbonyl (C=O) groups is 7. The number of ether oxygens (including phenoxy) is 8. The Balaban J connectivity index is 1.64. The first-order valence-corrected chi connectivity index (χ1v) is 22.1. The first-order valence-electron chi connectivity index (χ1n) is 22.1. The lowest BCUT2D eigenvalue weighted by Crippen LogP contribution is -2.81. The van der Waals surface area contributed by atoms with Gasteiger partial charge in [-0.2, -0.15) is 0 Å². The summed E-state index contributed by atoms with van der Waals surface area (Å²) >= 11 is 0. The molecule has 1 spiro atoms. The third kappa shape index (κ3) is 8.33. The highest BCUT2D eigenvalue weighted by molar-refractivity contribution is 5.96. The van der Waals surface area contributed by atoms with Crippen LogP contribution in [0.5, 0.6) is 0 Å². The maximum Gasteiger partial charge on any atom is 0.509 e. The van der Waals surface area contributed by atoms with Crippen LogP contribution in [0.2, 0.25) is 0 Å². The zero-order chi connectivity index (χ0) is 48.4. The second-order valence-corrected chi connectivity index (χ2v) is 20.3. The molecule has 4 aliphatic carbocycles. The predicted molar refractivity (Wildman–Crippen MR) is 228 cm³/mol. The van der Waals surface area contributed by atoms with Crippen LogP contribution < -0.4 is 5.32 Å². The van der Waals surface area contributed by atoms with E-state index in [1.54, 1.807) is 59.7 Å². The molecule has 18 nitrogen and oxygen atoms in total. The number of ketones is 1. The third-order valence-electron chi connectivity index (χ3n) is 14.1. The van der Waals surface area contributed by atoms with E-state index >= 15 is 4.79 Å². The van der Waals surface area contributed by atoms with Gasteiger partial charge in [0.15, 0.2) is 36.3 Å². The molecule has 1 heterocycles. The molecular formula is C47H64N2O16. The smallest absolute Gasteiger partial charge is 0.458 e. The number of fused-ring (bicyclic) bond motifs is 4. The largest absolute Gasteiger partial charge is 0.509 e. The number of esters is 3. The van der Waals surface area contributed by atoms with Gasteiger partial charge < -0.3 is 53.2 Å². The lowest BCUT2D eigenvalue weighted by Gasteiger charge is -2.68. The van der Waals surface area contributed by atoms with Gasteiger partial charge in [-0.15, -0.1) is 0 Å². The van der Waals surface area contributed by atoms with Gasteiger partial charge in [-0.3, -0.25) is 9.59 Å². The quantitative estimate of drug-likeness (QED) is 0.160. The number of nitrogens with zero attached hydrogens (tertiary/aromatic N) is 1. The van der Waals surface area contributed by atoms with Gasteiger partial charge in [0, 0.05) is 39.5 Å². The van der Waals surface area contributed by atoms with Crippen molar-refractivity contribution < 1.29 is 76.6 Å². The number of hydrogen-bond acceptors (Lipinski definition) is 16. The Labute approximate surface area is 379 Å². The standard InChI is InChI=1S/C47H64N2O16/c1-23(2)21-28(48-40(55)64-43(5,6)7)31(51)39(54)59-32-24(3)30-33(60-41(56)49(11)12)35(52)45(10)29(58-13)22-27-19-20-46(27,63-25(4)50)34(45)37(61-38(53)26-17-15-14-16-18-26)47(44(30,8)9)36(32)62-42(57)65-47/h14-18,23,27-29,31-34,36-37,51H,19-22H2,1-13H3,(H,48,55)/t27-,28+,29+,31-,32-,33-,34+,36+,37+,45-,46+,47-/m1/s1. The molecule has 0 unspecified atom stereocenters. The van der Waals surface area contributed by atoms with Crippen LogP contribution in [0.4, 0.5) is 14.4 Å². The number of alkyl carbamates (subject to hydrolysis) is 1. The number of methoxy groups -OCH3 is 1. The Bertz CT molecular complexity index is 2110. The number of benzene rings is 1. The lowest BCUT2D eigenvalue weighted by molar-refractivity contribution is -0.298. The van der Waals surface area contributed by atoms with Gasteiger partial charge in [0.1, 0.15) is 11.2 Å². The zero-order valence-electron chi connectivity index (χ0n) is 39.5. The predicted octanol–water partition coefficient (Wildman–Crippen LogP) is 5.46. The first kappa shape index (κ1) is 49.2. The van der Waals surface area contributed by atoms with E-state index in [1.165, 1.54) is 47.2 Å². The van der Waals surface area contributed by atoms with E-state index in [4.69, 9.17) is 37.9 Å². The highest BCUT2D eigenvalue weighted by Crippen LogP contribution is 2.69. The topological polar surface area (TPSA) is 229 Å². The van der Waals surface area contributed by atoms with E-state index in [2.05, 4.69) is 5.32 Å². The number of aliphatic hydroxyl groups excluding tert-OH is 1. The van der Waals surface area contributed by atoms with Crippen molar-refractivity contribution in [3.05, 3.63) is 47.0 Å². The van der Waals surface area contributed by atoms with Crippen LogP contribution in [-0.4, -0.2) is 133 Å². The molecule has 12 atom stereocenters. The van der Waals surface area contributed by atoms with Gasteiger partial charge in [0.05, 0.1) is 29.0 Å². The van der Waals surface area contributed by atoms with Gasteiger partial charge in [-0.1, -0.05) is 45.9 Å². The minimum Gasteiger partial charge on any atom is -0.458 e. The number of nitrogens with one attached hydrogen (secondary N) is 1. The summed E-state index contributed by atoms with van der Waals surface area (Å²) < 4.78 is 49.6. The molecule has 5 aliphatic rings. The summed E-state index contributed by atoms with van der Waals surface area (Å²) in [7, 11) is 4.27. The highest BCUT2D eigenvalue weighted by Gasteiger charge is 2.83. The molecule has 0 radical (unpaired) electrons. The summed E-state index contributed by atoms with van der Waals surface area (Å²) in [5.41, 5.74) is -8.09. The molecule has 2 amide bonds. The molecule has 0 aromatic heterocycles. The van der Waals surface area contributed by atoms with Crippen molar-refractivity contribution >= 4 is 42.0 Å². The molecule has 1 saturated heterocycles. The molecule has 2 N–H and O–H groups in total. The Hall–Kier alpha value is -5.23. The van der Waals surface area contributed by atoms with E-state index in [0.717, 1.165) is 4.90 Å². The normalized spacial score (nSPS) is 33.1. The number of hydrogen-bond donors (Lipinski definition) is 2. The molecule has 65 heavy (non-hydrogen) atoms. The third-order valence-corrected chi connectivity index (χ3v) is 14.1. The number of amides is 2. The van der Waals surface area contributed by atoms with E-state index in [0.29, 0.717) is 6.42 Å². The fourth-order valence-corrected chi connectivity index (χ4v) is 11.3. The molecule has 4 fully saturated rings. The average Bonchev–Trinajstić information content (AvgIpc) is 3.57. The fraction of sp³-hybridized carbons (Fsp3) is 0.681. The summed E-state index contributed by atoms with van der Waals surface area (Å²) in [6.07, 6.45) is -12.1. The van der Waals surface area contributed by atoms with Crippen LogP contribution >= 0.6 is 0 Å². The van der Waals surface area contributed by atoms with Gasteiger partial charge in [0.25, 0.3) is 0 Å². The molecule has 6 rings (SSSR count). The van der Waals surface area contributed by atoms with Crippen molar-refractivity contribution in [3.8, 4) is 0 Å². The van der Waals surface area contributed by atoms with Crippen LogP contribution in [-0.2, 0) is 52.3 Å². The average molecular weight is 913 g/mol. The first-order chi connectivity index (χ1) is 30.2. The van der Waals surface area contributed by atoms with Crippen molar-refractivity contribution in [2.24, 2.45) is 28.6 Å². The molecule has 1 aliphatic heterocycles. The molecule has 2 bridgehead atoms. The van der Waals surface area contributed by atoms with Crippen molar-refractivity contribution in [1.29, 1.82) is 0 Å². The minimum atomic E-state index is -2.27. The second kappa shape index (κ2) is 17.5. The summed E-state index contributed by atoms with van der Waals surface area (Å²) in [6, 6.07) is 6.72. The summed E-state index contributed by atoms with van der Waals surface area (Å²) in [5.74, 6) is -5.60. The molecule has 18 heteroatoms. The maximum atomic E-state index is 16.1. The van der Waals surface area contributed by atoms with Crippen molar-refractivity contribution in [1.82, 2.24) is 10.2 Å². The summed E-state index contributed by atoms with van der Waals surface area (Å²) in [5, 5.41) is 14.3. The van der Waals surface area contributed by atoms with Crippen molar-refractivity contribution in [2.75, 3.05) is 21.2 Å². The molecule has 1 aromatic rings. The molecular weight excluding hydrogens is 849 g/mol. The highest BCUT2D eigenvalue weighted by atomic mass is 16.8. The van der Waals surface area contributed by atoms with Crippen LogP contribution in [0, 0.1) is 28.6 Å². The Morgan fingerprint density at radius 2 is 1.65 bits per heavy atom. The number of aliphatic hydroxyl groups is 1. The number of rotatable bonds is 11. The number of carbonyl (C=O) groups excluding carboxylic acids is 7. The van der Waals surface area contributed by atoms with Crippen LogP contribution in [0.3, 0.4) is 0 Å². The molecule has 3 saturated carbocycles. The van der Waals surface area contributed by atoms with Crippen LogP contribution in [0.15, 0.2) is 41.5 Å². The van der Waals surface area contributed by atoms with E-state index < -0.39 is 124 Å². The lowest BCUT2D eigenvalue weighted by atomic mass is 9.40. The van der Waals surface area contributed by atoms with Gasteiger partial charge in [0.2, 0.25) is 5.60 Å². The summed E-state index contributed by atoms with van der Waals surface area (Å²) in [6.45, 7) is 16.1. The van der Waals surface area contributed by atoms with E-state index in [1.807, 2.05) is 13.8 Å². The van der Waals surface area contributed by atoms with E-state index in [-0.39, 0.29) is 41.9 Å². The second-order valence-electron chi connectivity index (χ2n) is 20.3. The van der Waals surface area contributed by atoms with Crippen molar-refractivity contribution in [2.45, 2.75) is 154 Å². The maximum absolute atomic E-state index is 16.1. The summed E-state index contributed by atoms with van der Waals surface area (Å²) in [4.78, 5) is 101. The molecule has 358 valence electrons. The minimum absolute atomic E-state index is 0.0257. The Morgan fingerprint density at radius 1 is 1.00 bits per heavy atom. The van der Waals surface area contributed by atoms with E-state index in [9.17, 15) is 33.9 Å². The monoisotopic (exact) mass is 912 g/mol. The van der Waals surface area contributed by atoms with Crippen molar-refractivity contribution in [3.63, 3.8) is 0 Å². The fourth-order valence-electron chi connectivity index (χ4n) is 11.3. The zero-order valence-corrected chi connectivity index (χ0v) is 39.5. The number of Topliss-reactive ketones (excluding diaryl/α,β-unsaturated/α-hetero) is 1. The Morgan fingerprint density at radius 3 is 2.18 bits per heavy atom.